The van der Waals surface area contributed by atoms with Gasteiger partial charge in [0.2, 0.25) is 0 Å². The zero-order valence-electron chi connectivity index (χ0n) is 8.90. The molecular weight excluding hydrogens is 196 g/mol. The number of carboxylic acids is 1. The molecule has 5 N–H and O–H groups in total. The number of allylic oxidation sites excluding steroid dienone is 1. The van der Waals surface area contributed by atoms with Crippen molar-refractivity contribution >= 4 is 11.8 Å². The van der Waals surface area contributed by atoms with E-state index in [-0.39, 0.29) is 12.2 Å². The molecule has 0 bridgehead atoms. The molecule has 0 saturated carbocycles. The zero-order chi connectivity index (χ0) is 12.0. The molecule has 15 heavy (non-hydrogen) atoms. The van der Waals surface area contributed by atoms with Gasteiger partial charge in [-0.05, 0) is 31.9 Å². The molecule has 5 nitrogen and oxygen atoms in total. The van der Waals surface area contributed by atoms with Gasteiger partial charge in [-0.25, -0.2) is 0 Å². The molecule has 0 heterocycles. The molecule has 0 aromatic heterocycles. The summed E-state index contributed by atoms with van der Waals surface area (Å²) in [6.45, 7) is 5.46. The van der Waals surface area contributed by atoms with Crippen LogP contribution in [0.25, 0.3) is 0 Å². The second-order valence-electron chi connectivity index (χ2n) is 3.60. The lowest BCUT2D eigenvalue weighted by Crippen LogP contribution is -2.35. The smallest absolute Gasteiger partial charge is 0.320 e. The van der Waals surface area contributed by atoms with E-state index >= 15 is 0 Å². The van der Waals surface area contributed by atoms with Crippen LogP contribution in [0.1, 0.15) is 19.8 Å². The van der Waals surface area contributed by atoms with Crippen molar-refractivity contribution in [3.05, 3.63) is 12.2 Å². The minimum Gasteiger partial charge on any atom is -0.480 e. The van der Waals surface area contributed by atoms with Crippen LogP contribution in [-0.2, 0) is 9.59 Å². The molecule has 0 aromatic carbocycles. The third-order valence-corrected chi connectivity index (χ3v) is 2.16. The Morgan fingerprint density at radius 3 is 2.33 bits per heavy atom. The molecule has 0 saturated heterocycles. The van der Waals surface area contributed by atoms with E-state index < -0.39 is 17.9 Å². The number of Topliss-reactive ketones (excluding diaryl/α,β-unsaturated/α-hetero) is 1. The standard InChI is InChI=1S/C10H18N2O3/c1-6(2)9(13)7(3-4-11)5-8(12)10(14)15/h7-8H,1,3-5,11-12H2,2H3,(H,14,15)/t7?,8-/m0/s1. The molecule has 0 rings (SSSR count). The van der Waals surface area contributed by atoms with Gasteiger partial charge in [0, 0.05) is 5.92 Å². The summed E-state index contributed by atoms with van der Waals surface area (Å²) in [6, 6.07) is -1.02. The molecule has 2 atom stereocenters. The van der Waals surface area contributed by atoms with Crippen LogP contribution in [-0.4, -0.2) is 29.4 Å². The first kappa shape index (κ1) is 13.8. The molecule has 0 spiro atoms. The summed E-state index contributed by atoms with van der Waals surface area (Å²) in [6.07, 6.45) is 0.547. The predicted octanol–water partition coefficient (Wildman–Crippen LogP) is -0.101. The summed E-state index contributed by atoms with van der Waals surface area (Å²) >= 11 is 0. The number of hydrogen-bond acceptors (Lipinski definition) is 4. The van der Waals surface area contributed by atoms with E-state index in [2.05, 4.69) is 6.58 Å². The van der Waals surface area contributed by atoms with Crippen molar-refractivity contribution in [3.63, 3.8) is 0 Å². The summed E-state index contributed by atoms with van der Waals surface area (Å²) in [4.78, 5) is 22.1. The number of carbonyl (C=O) groups excluding carboxylic acids is 1. The third-order valence-electron chi connectivity index (χ3n) is 2.16. The maximum Gasteiger partial charge on any atom is 0.320 e. The maximum atomic E-state index is 11.6. The van der Waals surface area contributed by atoms with E-state index in [1.807, 2.05) is 0 Å². The van der Waals surface area contributed by atoms with Crippen LogP contribution in [0.15, 0.2) is 12.2 Å². The highest BCUT2D eigenvalue weighted by Gasteiger charge is 2.24. The Labute approximate surface area is 89.1 Å². The predicted molar refractivity (Wildman–Crippen MR) is 57.2 cm³/mol. The quantitative estimate of drug-likeness (QED) is 0.513. The van der Waals surface area contributed by atoms with Gasteiger partial charge >= 0.3 is 5.97 Å². The number of rotatable bonds is 7. The summed E-state index contributed by atoms with van der Waals surface area (Å²) in [5.74, 6) is -1.69. The van der Waals surface area contributed by atoms with Crippen molar-refractivity contribution in [3.8, 4) is 0 Å². The Hall–Kier alpha value is -1.20. The highest BCUT2D eigenvalue weighted by Crippen LogP contribution is 2.15. The molecule has 0 aromatic rings. The lowest BCUT2D eigenvalue weighted by Gasteiger charge is -2.16. The molecule has 0 aliphatic heterocycles. The molecule has 1 unspecified atom stereocenters. The fraction of sp³-hybridized carbons (Fsp3) is 0.600. The summed E-state index contributed by atoms with van der Waals surface area (Å²) < 4.78 is 0. The van der Waals surface area contributed by atoms with E-state index in [1.165, 1.54) is 0 Å². The van der Waals surface area contributed by atoms with E-state index in [0.717, 1.165) is 0 Å². The molecule has 0 amide bonds. The van der Waals surface area contributed by atoms with Gasteiger partial charge in [0.1, 0.15) is 6.04 Å². The van der Waals surface area contributed by atoms with Crippen LogP contribution in [0.3, 0.4) is 0 Å². The van der Waals surface area contributed by atoms with Crippen LogP contribution in [0.2, 0.25) is 0 Å². The monoisotopic (exact) mass is 214 g/mol. The van der Waals surface area contributed by atoms with Crippen LogP contribution in [0.5, 0.6) is 0 Å². The lowest BCUT2D eigenvalue weighted by atomic mass is 9.90. The summed E-state index contributed by atoms with van der Waals surface area (Å²) in [5.41, 5.74) is 11.1. The highest BCUT2D eigenvalue weighted by molar-refractivity contribution is 5.96. The Kier molecular flexibility index (Phi) is 5.81. The van der Waals surface area contributed by atoms with E-state index in [9.17, 15) is 9.59 Å². The summed E-state index contributed by atoms with van der Waals surface area (Å²) in [7, 11) is 0. The molecular formula is C10H18N2O3. The van der Waals surface area contributed by atoms with Gasteiger partial charge in [-0.2, -0.15) is 0 Å². The molecule has 0 aliphatic carbocycles. The second-order valence-corrected chi connectivity index (χ2v) is 3.60. The maximum absolute atomic E-state index is 11.6. The number of ketones is 1. The van der Waals surface area contributed by atoms with Crippen LogP contribution >= 0.6 is 0 Å². The first-order chi connectivity index (χ1) is 6.90. The van der Waals surface area contributed by atoms with E-state index in [1.54, 1.807) is 6.92 Å². The van der Waals surface area contributed by atoms with Gasteiger partial charge in [0.15, 0.2) is 5.78 Å². The number of carbonyl (C=O) groups is 2. The van der Waals surface area contributed by atoms with Crippen molar-refractivity contribution in [2.75, 3.05) is 6.54 Å². The number of carboxylic acid groups (broad SMARTS) is 1. The van der Waals surface area contributed by atoms with Crippen molar-refractivity contribution in [2.24, 2.45) is 17.4 Å². The van der Waals surface area contributed by atoms with Crippen molar-refractivity contribution < 1.29 is 14.7 Å². The van der Waals surface area contributed by atoms with Gasteiger partial charge in [0.25, 0.3) is 0 Å². The third kappa shape index (κ3) is 4.71. The lowest BCUT2D eigenvalue weighted by molar-refractivity contribution is -0.139. The first-order valence-electron chi connectivity index (χ1n) is 4.78. The SMILES string of the molecule is C=C(C)C(=O)C(CCN)C[C@H](N)C(=O)O. The first-order valence-corrected chi connectivity index (χ1v) is 4.78. The van der Waals surface area contributed by atoms with Crippen LogP contribution in [0, 0.1) is 5.92 Å². The molecule has 86 valence electrons. The normalized spacial score (nSPS) is 14.3. The minimum absolute atomic E-state index is 0.109. The molecule has 0 aliphatic rings. The highest BCUT2D eigenvalue weighted by atomic mass is 16.4. The zero-order valence-corrected chi connectivity index (χ0v) is 8.90. The van der Waals surface area contributed by atoms with Crippen molar-refractivity contribution in [2.45, 2.75) is 25.8 Å². The van der Waals surface area contributed by atoms with Gasteiger partial charge in [-0.1, -0.05) is 6.58 Å². The summed E-state index contributed by atoms with van der Waals surface area (Å²) in [5, 5.41) is 8.63. The second kappa shape index (κ2) is 6.31. The van der Waals surface area contributed by atoms with Gasteiger partial charge in [0.05, 0.1) is 0 Å². The van der Waals surface area contributed by atoms with Crippen molar-refractivity contribution in [1.29, 1.82) is 0 Å². The average Bonchev–Trinajstić information content (AvgIpc) is 2.15. The Balaban J connectivity index is 4.46. The number of aliphatic carboxylic acids is 1. The van der Waals surface area contributed by atoms with Gasteiger partial charge in [-0.15, -0.1) is 0 Å². The fourth-order valence-electron chi connectivity index (χ4n) is 1.31. The Morgan fingerprint density at radius 1 is 1.47 bits per heavy atom. The van der Waals surface area contributed by atoms with E-state index in [0.29, 0.717) is 18.5 Å². The average molecular weight is 214 g/mol. The molecule has 5 heteroatoms. The molecule has 0 radical (unpaired) electrons. The topological polar surface area (TPSA) is 106 Å². The van der Waals surface area contributed by atoms with Crippen LogP contribution in [0.4, 0.5) is 0 Å². The number of hydrogen-bond donors (Lipinski definition) is 3. The van der Waals surface area contributed by atoms with Gasteiger partial charge < -0.3 is 16.6 Å². The fourth-order valence-corrected chi connectivity index (χ4v) is 1.31. The largest absolute Gasteiger partial charge is 0.480 e. The van der Waals surface area contributed by atoms with Crippen molar-refractivity contribution in [1.82, 2.24) is 0 Å². The Morgan fingerprint density at radius 2 is 2.00 bits per heavy atom. The minimum atomic E-state index is -1.11. The van der Waals surface area contributed by atoms with Crippen LogP contribution < -0.4 is 11.5 Å². The number of nitrogens with two attached hydrogens (primary N) is 2. The van der Waals surface area contributed by atoms with Gasteiger partial charge in [-0.3, -0.25) is 9.59 Å². The Bertz CT molecular complexity index is 263. The van der Waals surface area contributed by atoms with E-state index in [4.69, 9.17) is 16.6 Å². The molecule has 0 fully saturated rings.